The fourth-order valence-corrected chi connectivity index (χ4v) is 1.19. The highest BCUT2D eigenvalue weighted by Crippen LogP contribution is 2.10. The fourth-order valence-electron chi connectivity index (χ4n) is 1.19. The number of nitrogens with one attached hydrogen (secondary N) is 1. The Morgan fingerprint density at radius 2 is 2.55 bits per heavy atom. The van der Waals surface area contributed by atoms with Crippen molar-refractivity contribution in [2.45, 2.75) is 31.9 Å². The Morgan fingerprint density at radius 3 is 3.09 bits per heavy atom. The van der Waals surface area contributed by atoms with Crippen molar-refractivity contribution >= 4 is 0 Å². The van der Waals surface area contributed by atoms with E-state index in [1.54, 1.807) is 0 Å². The van der Waals surface area contributed by atoms with Gasteiger partial charge in [0.2, 0.25) is 0 Å². The Labute approximate surface area is 67.1 Å². The molecule has 1 aliphatic heterocycles. The van der Waals surface area contributed by atoms with E-state index in [2.05, 4.69) is 5.32 Å². The Hall–Kier alpha value is -0.150. The van der Waals surface area contributed by atoms with E-state index in [-0.39, 0.29) is 12.7 Å². The predicted molar refractivity (Wildman–Crippen MR) is 42.4 cm³/mol. The van der Waals surface area contributed by atoms with E-state index in [1.807, 2.05) is 6.92 Å². The van der Waals surface area contributed by atoms with Crippen molar-refractivity contribution in [3.05, 3.63) is 0 Å². The third-order valence-electron chi connectivity index (χ3n) is 1.95. The van der Waals surface area contributed by atoms with E-state index < -0.39 is 0 Å². The Balaban J connectivity index is 2.01. The molecule has 2 unspecified atom stereocenters. The number of rotatable bonds is 4. The van der Waals surface area contributed by atoms with E-state index in [1.165, 1.54) is 0 Å². The van der Waals surface area contributed by atoms with Crippen LogP contribution in [0.5, 0.6) is 0 Å². The molecule has 2 atom stereocenters. The molecule has 0 aromatic carbocycles. The Kier molecular flexibility index (Phi) is 3.80. The zero-order valence-electron chi connectivity index (χ0n) is 6.98. The molecule has 1 saturated heterocycles. The van der Waals surface area contributed by atoms with Gasteiger partial charge in [0.15, 0.2) is 0 Å². The maximum absolute atomic E-state index is 12.0. The van der Waals surface area contributed by atoms with Gasteiger partial charge in [-0.2, -0.15) is 0 Å². The van der Waals surface area contributed by atoms with Gasteiger partial charge in [0.05, 0.1) is 6.10 Å². The van der Waals surface area contributed by atoms with Crippen molar-refractivity contribution in [1.29, 1.82) is 0 Å². The molecule has 0 aromatic heterocycles. The van der Waals surface area contributed by atoms with Gasteiger partial charge >= 0.3 is 0 Å². The summed E-state index contributed by atoms with van der Waals surface area (Å²) < 4.78 is 17.3. The lowest BCUT2D eigenvalue weighted by Crippen LogP contribution is -2.34. The van der Waals surface area contributed by atoms with Crippen molar-refractivity contribution in [2.24, 2.45) is 0 Å². The van der Waals surface area contributed by atoms with Crippen LogP contribution in [-0.2, 0) is 4.74 Å². The van der Waals surface area contributed by atoms with Gasteiger partial charge in [0.1, 0.15) is 6.67 Å². The highest BCUT2D eigenvalue weighted by Gasteiger charge is 2.15. The molecular weight excluding hydrogens is 145 g/mol. The molecule has 3 heteroatoms. The minimum Gasteiger partial charge on any atom is -0.377 e. The first-order valence-electron chi connectivity index (χ1n) is 4.24. The van der Waals surface area contributed by atoms with Gasteiger partial charge in [-0.25, -0.2) is 4.39 Å². The second-order valence-electron chi connectivity index (χ2n) is 3.10. The maximum Gasteiger partial charge on any atom is 0.104 e. The monoisotopic (exact) mass is 161 g/mol. The van der Waals surface area contributed by atoms with Crippen LogP contribution in [0.3, 0.4) is 0 Å². The molecule has 0 bridgehead atoms. The van der Waals surface area contributed by atoms with E-state index >= 15 is 0 Å². The third-order valence-corrected chi connectivity index (χ3v) is 1.95. The molecule has 11 heavy (non-hydrogen) atoms. The highest BCUT2D eigenvalue weighted by atomic mass is 19.1. The molecule has 1 rings (SSSR count). The molecule has 0 spiro atoms. The zero-order chi connectivity index (χ0) is 8.10. The normalized spacial score (nSPS) is 27.3. The van der Waals surface area contributed by atoms with Crippen LogP contribution in [0, 0.1) is 0 Å². The summed E-state index contributed by atoms with van der Waals surface area (Å²) in [5.74, 6) is 0. The van der Waals surface area contributed by atoms with Gasteiger partial charge in [-0.15, -0.1) is 0 Å². The lowest BCUT2D eigenvalue weighted by atomic mass is 10.2. The zero-order valence-corrected chi connectivity index (χ0v) is 6.98. The third kappa shape index (κ3) is 3.16. The van der Waals surface area contributed by atoms with Crippen LogP contribution in [-0.4, -0.2) is 32.0 Å². The van der Waals surface area contributed by atoms with Crippen LogP contribution < -0.4 is 5.32 Å². The molecule has 1 fully saturated rings. The quantitative estimate of drug-likeness (QED) is 0.667. The first kappa shape index (κ1) is 8.94. The summed E-state index contributed by atoms with van der Waals surface area (Å²) in [5.41, 5.74) is 0. The van der Waals surface area contributed by atoms with Crippen LogP contribution in [0.25, 0.3) is 0 Å². The average Bonchev–Trinajstić information content (AvgIpc) is 2.52. The first-order chi connectivity index (χ1) is 5.33. The first-order valence-corrected chi connectivity index (χ1v) is 4.24. The maximum atomic E-state index is 12.0. The van der Waals surface area contributed by atoms with E-state index in [0.29, 0.717) is 6.10 Å². The summed E-state index contributed by atoms with van der Waals surface area (Å²) in [6.07, 6.45) is 2.59. The molecule has 0 aliphatic carbocycles. The number of ether oxygens (including phenoxy) is 1. The lowest BCUT2D eigenvalue weighted by Gasteiger charge is -2.13. The summed E-state index contributed by atoms with van der Waals surface area (Å²) in [6, 6.07) is -0.0285. The van der Waals surface area contributed by atoms with Crippen molar-refractivity contribution in [3.63, 3.8) is 0 Å². The molecular formula is C8H16FNO. The summed E-state index contributed by atoms with van der Waals surface area (Å²) in [6.45, 7) is 3.21. The standard InChI is InChI=1S/C8H16FNO/c1-7(5-9)10-6-8-3-2-4-11-8/h7-8,10H,2-6H2,1H3. The molecule has 1 aliphatic rings. The number of hydrogen-bond donors (Lipinski definition) is 1. The Bertz CT molecular complexity index is 104. The van der Waals surface area contributed by atoms with Crippen LogP contribution in [0.2, 0.25) is 0 Å². The molecule has 66 valence electrons. The molecule has 1 N–H and O–H groups in total. The summed E-state index contributed by atoms with van der Waals surface area (Å²) >= 11 is 0. The largest absolute Gasteiger partial charge is 0.377 e. The summed E-state index contributed by atoms with van der Waals surface area (Å²) in [7, 11) is 0. The predicted octanol–water partition coefficient (Wildman–Crippen LogP) is 1.11. The van der Waals surface area contributed by atoms with Crippen LogP contribution in [0.4, 0.5) is 4.39 Å². The minimum atomic E-state index is -0.299. The topological polar surface area (TPSA) is 21.3 Å². The van der Waals surface area contributed by atoms with Crippen molar-refractivity contribution in [3.8, 4) is 0 Å². The van der Waals surface area contributed by atoms with Gasteiger partial charge in [-0.1, -0.05) is 0 Å². The Morgan fingerprint density at radius 1 is 1.73 bits per heavy atom. The van der Waals surface area contributed by atoms with Gasteiger partial charge in [-0.05, 0) is 19.8 Å². The molecule has 0 saturated carbocycles. The van der Waals surface area contributed by atoms with Gasteiger partial charge in [0.25, 0.3) is 0 Å². The van der Waals surface area contributed by atoms with Crippen LogP contribution in [0.1, 0.15) is 19.8 Å². The SMILES string of the molecule is CC(CF)NCC1CCCO1. The molecule has 0 radical (unpaired) electrons. The van der Waals surface area contributed by atoms with Crippen molar-refractivity contribution in [2.75, 3.05) is 19.8 Å². The van der Waals surface area contributed by atoms with Crippen LogP contribution in [0.15, 0.2) is 0 Å². The fraction of sp³-hybridized carbons (Fsp3) is 1.00. The second-order valence-corrected chi connectivity index (χ2v) is 3.10. The molecule has 0 amide bonds. The number of hydrogen-bond acceptors (Lipinski definition) is 2. The van der Waals surface area contributed by atoms with Gasteiger partial charge < -0.3 is 10.1 Å². The van der Waals surface area contributed by atoms with E-state index in [0.717, 1.165) is 26.0 Å². The van der Waals surface area contributed by atoms with E-state index in [9.17, 15) is 4.39 Å². The summed E-state index contributed by atoms with van der Waals surface area (Å²) in [4.78, 5) is 0. The number of halogens is 1. The van der Waals surface area contributed by atoms with Gasteiger partial charge in [-0.3, -0.25) is 0 Å². The van der Waals surface area contributed by atoms with E-state index in [4.69, 9.17) is 4.74 Å². The number of alkyl halides is 1. The molecule has 0 aromatic rings. The molecule has 2 nitrogen and oxygen atoms in total. The average molecular weight is 161 g/mol. The lowest BCUT2D eigenvalue weighted by molar-refractivity contribution is 0.107. The summed E-state index contributed by atoms with van der Waals surface area (Å²) in [5, 5.41) is 3.07. The highest BCUT2D eigenvalue weighted by molar-refractivity contribution is 4.69. The smallest absolute Gasteiger partial charge is 0.104 e. The van der Waals surface area contributed by atoms with Crippen molar-refractivity contribution in [1.82, 2.24) is 5.32 Å². The van der Waals surface area contributed by atoms with Gasteiger partial charge in [0, 0.05) is 19.2 Å². The molecule has 1 heterocycles. The van der Waals surface area contributed by atoms with Crippen LogP contribution >= 0.6 is 0 Å². The minimum absolute atomic E-state index is 0.0285. The second kappa shape index (κ2) is 4.67. The van der Waals surface area contributed by atoms with Crippen molar-refractivity contribution < 1.29 is 9.13 Å².